The van der Waals surface area contributed by atoms with E-state index in [1.807, 2.05) is 5.38 Å². The fourth-order valence-corrected chi connectivity index (χ4v) is 2.35. The van der Waals surface area contributed by atoms with Crippen LogP contribution in [0.4, 0.5) is 11.4 Å². The van der Waals surface area contributed by atoms with Gasteiger partial charge in [0.1, 0.15) is 5.01 Å². The van der Waals surface area contributed by atoms with E-state index in [2.05, 4.69) is 20.3 Å². The second-order valence-corrected chi connectivity index (χ2v) is 4.95. The van der Waals surface area contributed by atoms with Gasteiger partial charge in [-0.05, 0) is 12.1 Å². The monoisotopic (exact) mass is 273 g/mol. The highest BCUT2D eigenvalue weighted by Crippen LogP contribution is 2.23. The Balaban J connectivity index is 1.95. The number of aromatic nitrogens is 3. The molecular formula is C12H11N5OS. The number of nitrogen functional groups attached to an aromatic ring is 1. The maximum Gasteiger partial charge on any atom is 0.258 e. The first kappa shape index (κ1) is 11.7. The summed E-state index contributed by atoms with van der Waals surface area (Å²) in [7, 11) is 0. The van der Waals surface area contributed by atoms with Crippen molar-refractivity contribution >= 4 is 33.6 Å². The van der Waals surface area contributed by atoms with Gasteiger partial charge in [0.15, 0.2) is 0 Å². The molecule has 2 heterocycles. The topological polar surface area (TPSA) is 96.7 Å². The molecular weight excluding hydrogens is 262 g/mol. The van der Waals surface area contributed by atoms with Crippen molar-refractivity contribution < 1.29 is 0 Å². The van der Waals surface area contributed by atoms with Gasteiger partial charge in [0.05, 0.1) is 35.1 Å². The molecule has 0 aliphatic carbocycles. The lowest BCUT2D eigenvalue weighted by Crippen LogP contribution is -2.08. The normalized spacial score (nSPS) is 10.7. The molecule has 0 radical (unpaired) electrons. The molecule has 0 saturated carbocycles. The van der Waals surface area contributed by atoms with Crippen molar-refractivity contribution in [3.63, 3.8) is 0 Å². The number of hydrogen-bond acceptors (Lipinski definition) is 6. The average Bonchev–Trinajstić information content (AvgIpc) is 2.91. The van der Waals surface area contributed by atoms with Gasteiger partial charge < -0.3 is 16.0 Å². The number of nitrogens with zero attached hydrogens (tertiary/aromatic N) is 2. The molecule has 2 aromatic heterocycles. The van der Waals surface area contributed by atoms with E-state index < -0.39 is 0 Å². The third kappa shape index (κ3) is 2.27. The highest BCUT2D eigenvalue weighted by atomic mass is 32.1. The van der Waals surface area contributed by atoms with Crippen molar-refractivity contribution in [3.05, 3.63) is 45.4 Å². The molecule has 6 nitrogen and oxygen atoms in total. The van der Waals surface area contributed by atoms with Gasteiger partial charge in [-0.3, -0.25) is 4.79 Å². The third-order valence-electron chi connectivity index (χ3n) is 2.73. The SMILES string of the molecule is Nc1cc2c(=O)[nH]cnc2cc1NCc1nccs1. The molecule has 19 heavy (non-hydrogen) atoms. The Labute approximate surface area is 112 Å². The van der Waals surface area contributed by atoms with Crippen molar-refractivity contribution in [2.75, 3.05) is 11.1 Å². The van der Waals surface area contributed by atoms with Crippen molar-refractivity contribution in [2.24, 2.45) is 0 Å². The van der Waals surface area contributed by atoms with Crippen molar-refractivity contribution in [2.45, 2.75) is 6.54 Å². The lowest BCUT2D eigenvalue weighted by atomic mass is 10.2. The first-order valence-corrected chi connectivity index (χ1v) is 6.51. The summed E-state index contributed by atoms with van der Waals surface area (Å²) in [5.74, 6) is 0. The summed E-state index contributed by atoms with van der Waals surface area (Å²) >= 11 is 1.57. The lowest BCUT2D eigenvalue weighted by molar-refractivity contribution is 1.10. The Kier molecular flexibility index (Phi) is 2.88. The summed E-state index contributed by atoms with van der Waals surface area (Å²) in [6, 6.07) is 3.40. The van der Waals surface area contributed by atoms with Crippen LogP contribution >= 0.6 is 11.3 Å². The maximum atomic E-state index is 11.6. The van der Waals surface area contributed by atoms with E-state index in [1.54, 1.807) is 29.7 Å². The number of fused-ring (bicyclic) bond motifs is 1. The van der Waals surface area contributed by atoms with E-state index in [0.717, 1.165) is 10.7 Å². The van der Waals surface area contributed by atoms with Crippen molar-refractivity contribution in [1.29, 1.82) is 0 Å². The molecule has 0 atom stereocenters. The predicted molar refractivity (Wildman–Crippen MR) is 76.2 cm³/mol. The highest BCUT2D eigenvalue weighted by Gasteiger charge is 2.06. The summed E-state index contributed by atoms with van der Waals surface area (Å²) in [6.07, 6.45) is 3.14. The van der Waals surface area contributed by atoms with Gasteiger partial charge in [-0.15, -0.1) is 11.3 Å². The average molecular weight is 273 g/mol. The Morgan fingerprint density at radius 1 is 1.37 bits per heavy atom. The highest BCUT2D eigenvalue weighted by molar-refractivity contribution is 7.09. The second kappa shape index (κ2) is 4.69. The minimum absolute atomic E-state index is 0.192. The summed E-state index contributed by atoms with van der Waals surface area (Å²) in [5.41, 5.74) is 7.62. The molecule has 0 aliphatic rings. The second-order valence-electron chi connectivity index (χ2n) is 3.97. The van der Waals surface area contributed by atoms with Crippen LogP contribution in [0.15, 0.2) is 34.8 Å². The number of aromatic amines is 1. The van der Waals surface area contributed by atoms with Crippen LogP contribution in [0.1, 0.15) is 5.01 Å². The van der Waals surface area contributed by atoms with Gasteiger partial charge in [-0.2, -0.15) is 0 Å². The van der Waals surface area contributed by atoms with E-state index in [0.29, 0.717) is 23.1 Å². The Morgan fingerprint density at radius 3 is 3.05 bits per heavy atom. The van der Waals surface area contributed by atoms with Crippen molar-refractivity contribution in [1.82, 2.24) is 15.0 Å². The van der Waals surface area contributed by atoms with E-state index in [9.17, 15) is 4.79 Å². The number of thiazole rings is 1. The van der Waals surface area contributed by atoms with Crippen LogP contribution in [-0.4, -0.2) is 15.0 Å². The smallest absolute Gasteiger partial charge is 0.258 e. The van der Waals surface area contributed by atoms with E-state index in [4.69, 9.17) is 5.73 Å². The summed E-state index contributed by atoms with van der Waals surface area (Å²) < 4.78 is 0. The maximum absolute atomic E-state index is 11.6. The standard InChI is InChI=1S/C12H11N5OS/c13-8-3-7-9(16-6-17-12(7)18)4-10(8)15-5-11-14-1-2-19-11/h1-4,6,15H,5,13H2,(H,16,17,18). The predicted octanol–water partition coefficient (Wildman–Crippen LogP) is 1.57. The molecule has 3 rings (SSSR count). The summed E-state index contributed by atoms with van der Waals surface area (Å²) in [5, 5.41) is 6.57. The fourth-order valence-electron chi connectivity index (χ4n) is 1.80. The van der Waals surface area contributed by atoms with Crippen LogP contribution in [0, 0.1) is 0 Å². The van der Waals surface area contributed by atoms with Crippen LogP contribution in [0.2, 0.25) is 0 Å². The fraction of sp³-hybridized carbons (Fsp3) is 0.0833. The van der Waals surface area contributed by atoms with Gasteiger partial charge in [0.25, 0.3) is 5.56 Å². The van der Waals surface area contributed by atoms with E-state index >= 15 is 0 Å². The third-order valence-corrected chi connectivity index (χ3v) is 3.50. The van der Waals surface area contributed by atoms with Crippen molar-refractivity contribution in [3.8, 4) is 0 Å². The van der Waals surface area contributed by atoms with Crippen LogP contribution in [0.5, 0.6) is 0 Å². The Morgan fingerprint density at radius 2 is 2.26 bits per heavy atom. The molecule has 0 bridgehead atoms. The molecule has 0 amide bonds. The van der Waals surface area contributed by atoms with Crippen LogP contribution in [-0.2, 0) is 6.54 Å². The zero-order valence-corrected chi connectivity index (χ0v) is 10.7. The molecule has 0 unspecified atom stereocenters. The first-order chi connectivity index (χ1) is 9.24. The first-order valence-electron chi connectivity index (χ1n) is 5.63. The molecule has 7 heteroatoms. The number of hydrogen-bond donors (Lipinski definition) is 3. The Bertz CT molecular complexity index is 765. The van der Waals surface area contributed by atoms with E-state index in [1.165, 1.54) is 6.33 Å². The van der Waals surface area contributed by atoms with Crippen LogP contribution in [0.3, 0.4) is 0 Å². The number of nitrogens with two attached hydrogens (primary N) is 1. The van der Waals surface area contributed by atoms with Gasteiger partial charge in [0.2, 0.25) is 0 Å². The molecule has 0 spiro atoms. The summed E-state index contributed by atoms with van der Waals surface area (Å²) in [4.78, 5) is 22.4. The minimum Gasteiger partial charge on any atom is -0.397 e. The number of H-pyrrole nitrogens is 1. The van der Waals surface area contributed by atoms with Gasteiger partial charge >= 0.3 is 0 Å². The largest absolute Gasteiger partial charge is 0.397 e. The molecule has 0 aliphatic heterocycles. The molecule has 0 saturated heterocycles. The molecule has 0 fully saturated rings. The lowest BCUT2D eigenvalue weighted by Gasteiger charge is -2.08. The molecule has 1 aromatic carbocycles. The van der Waals surface area contributed by atoms with E-state index in [-0.39, 0.29) is 5.56 Å². The number of anilines is 2. The van der Waals surface area contributed by atoms with Crippen LogP contribution in [0.25, 0.3) is 10.9 Å². The zero-order valence-electron chi connectivity index (χ0n) is 9.88. The summed E-state index contributed by atoms with van der Waals surface area (Å²) in [6.45, 7) is 0.594. The van der Waals surface area contributed by atoms with Gasteiger partial charge in [-0.1, -0.05) is 0 Å². The molecule has 3 aromatic rings. The van der Waals surface area contributed by atoms with Crippen LogP contribution < -0.4 is 16.6 Å². The molecule has 96 valence electrons. The van der Waals surface area contributed by atoms with Gasteiger partial charge in [-0.25, -0.2) is 9.97 Å². The quantitative estimate of drug-likeness (QED) is 0.629. The number of nitrogens with one attached hydrogen (secondary N) is 2. The Hall–Kier alpha value is -2.41. The molecule has 4 N–H and O–H groups in total. The zero-order chi connectivity index (χ0) is 13.2. The number of benzene rings is 1. The minimum atomic E-state index is -0.192. The van der Waals surface area contributed by atoms with Gasteiger partial charge in [0, 0.05) is 11.6 Å². The number of rotatable bonds is 3.